The van der Waals surface area contributed by atoms with E-state index in [0.717, 1.165) is 74.6 Å². The number of nitrogens with one attached hydrogen (secondary N) is 4. The molecule has 0 unspecified atom stereocenters. The van der Waals surface area contributed by atoms with Gasteiger partial charge in [-0.3, -0.25) is 34.1 Å². The fraction of sp³-hybridized carbons (Fsp3) is 0.617. The predicted molar refractivity (Wildman–Crippen MR) is 231 cm³/mol. The minimum atomic E-state index is -1.10. The second-order valence-electron chi connectivity index (χ2n) is 19.6. The van der Waals surface area contributed by atoms with Crippen LogP contribution in [-0.2, 0) is 52.4 Å². The lowest BCUT2D eigenvalue weighted by atomic mass is 9.49. The fourth-order valence-corrected chi connectivity index (χ4v) is 11.8. The molecule has 0 spiro atoms. The number of aliphatic carboxylic acids is 1. The van der Waals surface area contributed by atoms with E-state index in [9.17, 15) is 28.8 Å². The summed E-state index contributed by atoms with van der Waals surface area (Å²) in [7, 11) is 0. The van der Waals surface area contributed by atoms with Crippen LogP contribution in [0.15, 0.2) is 36.4 Å². The van der Waals surface area contributed by atoms with E-state index in [4.69, 9.17) is 16.6 Å². The molecule has 5 amide bonds. The number of carboxylic acid groups (broad SMARTS) is 1. The third kappa shape index (κ3) is 8.30. The number of carbonyl (C=O) groups excluding carboxylic acids is 5. The van der Waals surface area contributed by atoms with Crippen molar-refractivity contribution >= 4 is 46.9 Å². The van der Waals surface area contributed by atoms with Crippen molar-refractivity contribution in [2.75, 3.05) is 11.1 Å². The zero-order valence-electron chi connectivity index (χ0n) is 36.5. The van der Waals surface area contributed by atoms with Crippen LogP contribution in [0, 0.1) is 28.6 Å². The number of rotatable bonds is 12. The van der Waals surface area contributed by atoms with Crippen molar-refractivity contribution in [2.45, 2.75) is 154 Å². The van der Waals surface area contributed by atoms with Gasteiger partial charge >= 0.3 is 5.97 Å². The molecule has 4 aliphatic carbocycles. The molecule has 0 saturated heterocycles. The molecule has 0 heterocycles. The third-order valence-electron chi connectivity index (χ3n) is 15.3. The summed E-state index contributed by atoms with van der Waals surface area (Å²) in [5, 5.41) is 20.2. The van der Waals surface area contributed by atoms with Crippen molar-refractivity contribution in [2.24, 2.45) is 34.3 Å². The number of nitrogen functional groups attached to an aromatic ring is 1. The topological polar surface area (TPSA) is 223 Å². The van der Waals surface area contributed by atoms with Gasteiger partial charge in [-0.1, -0.05) is 66.5 Å². The highest BCUT2D eigenvalue weighted by atomic mass is 16.4. The average molecular weight is 827 g/mol. The van der Waals surface area contributed by atoms with Crippen LogP contribution in [-0.4, -0.2) is 58.7 Å². The number of anilines is 2. The van der Waals surface area contributed by atoms with Gasteiger partial charge in [0.1, 0.15) is 12.1 Å². The molecule has 60 heavy (non-hydrogen) atoms. The molecule has 13 heteroatoms. The number of nitrogens with two attached hydrogens (primary N) is 2. The van der Waals surface area contributed by atoms with Crippen molar-refractivity contribution in [1.29, 1.82) is 0 Å². The van der Waals surface area contributed by atoms with E-state index < -0.39 is 58.1 Å². The number of hydrogen-bond donors (Lipinski definition) is 7. The normalized spacial score (nSPS) is 29.6. The Bertz CT molecular complexity index is 2050. The number of imide groups is 1. The Morgan fingerprint density at radius 2 is 1.27 bits per heavy atom. The summed E-state index contributed by atoms with van der Waals surface area (Å²) in [5.41, 5.74) is 16.1. The van der Waals surface area contributed by atoms with E-state index in [1.165, 1.54) is 11.1 Å². The summed E-state index contributed by atoms with van der Waals surface area (Å²) < 4.78 is 0. The standard InChI is InChI=1S/C47H66N6O7/c1-26(2)38(52-40(57)34(49)16-19-37(54)55)41(58)50-27(3)39(56)51-31-15-11-29-13-18-36-45(5,33(29)25-31)21-9-23-47(36,7)43(60)53-42(59)46(6)22-8-20-44(4)32-24-30(48)14-10-28(32)12-17-35(44)46/h10-11,14-15,24-27,34-36,38H,8-9,12-13,16-23,48-49H2,1-7H3,(H,50,58)(H,51,56)(H,52,57)(H,54,55)(H,53,59,60)/t27-,34+,35+,36+,38-,44+,45+,46-,47-/m0/s1. The van der Waals surface area contributed by atoms with Gasteiger partial charge in [0.15, 0.2) is 0 Å². The van der Waals surface area contributed by atoms with Crippen molar-refractivity contribution < 1.29 is 33.9 Å². The van der Waals surface area contributed by atoms with Gasteiger partial charge < -0.3 is 32.5 Å². The molecule has 0 aliphatic heterocycles. The van der Waals surface area contributed by atoms with Gasteiger partial charge in [0.05, 0.1) is 16.9 Å². The molecule has 0 radical (unpaired) electrons. The van der Waals surface area contributed by atoms with E-state index in [-0.39, 0.29) is 47.8 Å². The first-order chi connectivity index (χ1) is 28.1. The lowest BCUT2D eigenvalue weighted by Crippen LogP contribution is -2.60. The van der Waals surface area contributed by atoms with E-state index in [1.807, 2.05) is 31.2 Å². The Hall–Kier alpha value is -4.78. The van der Waals surface area contributed by atoms with Crippen LogP contribution in [0.1, 0.15) is 135 Å². The van der Waals surface area contributed by atoms with E-state index in [2.05, 4.69) is 54.2 Å². The first-order valence-corrected chi connectivity index (χ1v) is 21.9. The molecule has 326 valence electrons. The van der Waals surface area contributed by atoms with Gasteiger partial charge in [0.2, 0.25) is 29.5 Å². The monoisotopic (exact) mass is 826 g/mol. The van der Waals surface area contributed by atoms with Gasteiger partial charge in [-0.15, -0.1) is 0 Å². The van der Waals surface area contributed by atoms with Crippen LogP contribution in [0.3, 0.4) is 0 Å². The number of amides is 5. The Morgan fingerprint density at radius 1 is 0.733 bits per heavy atom. The summed E-state index contributed by atoms with van der Waals surface area (Å²) >= 11 is 0. The Balaban J connectivity index is 1.14. The van der Waals surface area contributed by atoms with Crippen molar-refractivity contribution in [1.82, 2.24) is 16.0 Å². The second-order valence-corrected chi connectivity index (χ2v) is 19.6. The van der Waals surface area contributed by atoms with Crippen LogP contribution in [0.25, 0.3) is 0 Å². The third-order valence-corrected chi connectivity index (χ3v) is 15.3. The minimum absolute atomic E-state index is 0.0439. The molecule has 2 aromatic rings. The highest BCUT2D eigenvalue weighted by Gasteiger charge is 2.58. The van der Waals surface area contributed by atoms with Crippen molar-refractivity contribution in [3.63, 3.8) is 0 Å². The maximum atomic E-state index is 14.6. The number of fused-ring (bicyclic) bond motifs is 6. The predicted octanol–water partition coefficient (Wildman–Crippen LogP) is 5.41. The van der Waals surface area contributed by atoms with Gasteiger partial charge in [-0.25, -0.2) is 0 Å². The summed E-state index contributed by atoms with van der Waals surface area (Å²) in [6.07, 6.45) is 7.89. The van der Waals surface area contributed by atoms with Gasteiger partial charge in [-0.2, -0.15) is 0 Å². The molecule has 2 saturated carbocycles. The smallest absolute Gasteiger partial charge is 0.303 e. The van der Waals surface area contributed by atoms with E-state index >= 15 is 0 Å². The number of hydrogen-bond acceptors (Lipinski definition) is 8. The molecular formula is C47H66N6O7. The van der Waals surface area contributed by atoms with Crippen LogP contribution < -0.4 is 32.7 Å². The zero-order valence-corrected chi connectivity index (χ0v) is 36.5. The van der Waals surface area contributed by atoms with Gasteiger partial charge in [0.25, 0.3) is 0 Å². The molecule has 2 fully saturated rings. The minimum Gasteiger partial charge on any atom is -0.481 e. The number of aryl methyl sites for hydroxylation is 2. The maximum absolute atomic E-state index is 14.6. The lowest BCUT2D eigenvalue weighted by Gasteiger charge is -2.56. The van der Waals surface area contributed by atoms with Crippen molar-refractivity contribution in [3.8, 4) is 0 Å². The lowest BCUT2D eigenvalue weighted by molar-refractivity contribution is -0.150. The highest BCUT2D eigenvalue weighted by molar-refractivity contribution is 6.01. The molecule has 2 aromatic carbocycles. The van der Waals surface area contributed by atoms with Crippen LogP contribution in [0.5, 0.6) is 0 Å². The first kappa shape index (κ1) is 44.8. The molecule has 9 N–H and O–H groups in total. The molecule has 0 aromatic heterocycles. The molecular weight excluding hydrogens is 761 g/mol. The number of carbonyl (C=O) groups is 6. The Kier molecular flexibility index (Phi) is 12.6. The van der Waals surface area contributed by atoms with E-state index in [1.54, 1.807) is 20.8 Å². The fourth-order valence-electron chi connectivity index (χ4n) is 11.8. The molecule has 6 rings (SSSR count). The second kappa shape index (κ2) is 16.9. The van der Waals surface area contributed by atoms with Gasteiger partial charge in [0, 0.05) is 17.8 Å². The molecule has 9 atom stereocenters. The van der Waals surface area contributed by atoms with Crippen LogP contribution >= 0.6 is 0 Å². The Labute approximate surface area is 354 Å². The summed E-state index contributed by atoms with van der Waals surface area (Å²) in [6.45, 7) is 13.6. The maximum Gasteiger partial charge on any atom is 0.303 e. The summed E-state index contributed by atoms with van der Waals surface area (Å²) in [4.78, 5) is 79.5. The molecule has 4 aliphatic rings. The quantitative estimate of drug-likeness (QED) is 0.107. The van der Waals surface area contributed by atoms with Crippen molar-refractivity contribution in [3.05, 3.63) is 58.7 Å². The largest absolute Gasteiger partial charge is 0.481 e. The number of carboxylic acids is 1. The summed E-state index contributed by atoms with van der Waals surface area (Å²) in [6, 6.07) is 9.01. The Morgan fingerprint density at radius 3 is 1.80 bits per heavy atom. The van der Waals surface area contributed by atoms with Gasteiger partial charge in [-0.05, 0) is 140 Å². The van der Waals surface area contributed by atoms with Crippen LogP contribution in [0.2, 0.25) is 0 Å². The molecule has 13 nitrogen and oxygen atoms in total. The van der Waals surface area contributed by atoms with Crippen LogP contribution in [0.4, 0.5) is 11.4 Å². The SMILES string of the molecule is CC(C)[C@H](NC(=O)[C@H](N)CCC(=O)O)C(=O)N[C@@H](C)C(=O)Nc1ccc2c(c1)[C@@]1(C)CCC[C@](C)(C(=O)NC(=O)[C@@]3(C)CCC[C@]4(C)c5cc(N)ccc5CC[C@@H]34)[C@@H]1CC2. The first-order valence-electron chi connectivity index (χ1n) is 21.9. The highest BCUT2D eigenvalue weighted by Crippen LogP contribution is 2.59. The van der Waals surface area contributed by atoms with E-state index in [0.29, 0.717) is 12.1 Å². The number of benzene rings is 2. The zero-order chi connectivity index (χ0) is 43.9. The molecule has 0 bridgehead atoms. The summed E-state index contributed by atoms with van der Waals surface area (Å²) in [5.74, 6) is -3.41. The average Bonchev–Trinajstić information content (AvgIpc) is 3.18.